The molecular weight excluding hydrogens is 375 g/mol. The van der Waals surface area contributed by atoms with Gasteiger partial charge in [-0.2, -0.15) is 8.42 Å². The first kappa shape index (κ1) is 24.7. The van der Waals surface area contributed by atoms with Gasteiger partial charge in [-0.05, 0) is 30.0 Å². The SMILES string of the molecule is CC(C)COC(=O)c1ccc(C(=O)OCC(C)C)c(S(=O)(=O)O)c1.[H-].[K+]. The molecule has 7 nitrogen and oxygen atoms in total. The third-order valence-corrected chi connectivity index (χ3v) is 3.70. The molecule has 0 aromatic heterocycles. The van der Waals surface area contributed by atoms with E-state index < -0.39 is 27.0 Å². The number of carbonyl (C=O) groups excluding carboxylic acids is 2. The molecule has 0 saturated heterocycles. The zero-order chi connectivity index (χ0) is 18.5. The summed E-state index contributed by atoms with van der Waals surface area (Å²) in [4.78, 5) is 23.2. The molecule has 0 amide bonds. The fraction of sp³-hybridized carbons (Fsp3) is 0.500. The van der Waals surface area contributed by atoms with Crippen molar-refractivity contribution >= 4 is 22.1 Å². The summed E-state index contributed by atoms with van der Waals surface area (Å²) in [5.74, 6) is -1.46. The van der Waals surface area contributed by atoms with Crippen LogP contribution in [0, 0.1) is 11.8 Å². The summed E-state index contributed by atoms with van der Waals surface area (Å²) in [6, 6.07) is 3.28. The molecule has 1 aromatic rings. The monoisotopic (exact) mass is 398 g/mol. The van der Waals surface area contributed by atoms with Gasteiger partial charge in [-0.3, -0.25) is 4.55 Å². The molecule has 0 spiro atoms. The van der Waals surface area contributed by atoms with Crippen LogP contribution in [0.2, 0.25) is 0 Å². The number of rotatable bonds is 7. The Balaban J connectivity index is 0. The zero-order valence-electron chi connectivity index (χ0n) is 16.1. The van der Waals surface area contributed by atoms with Crippen molar-refractivity contribution in [1.29, 1.82) is 0 Å². The molecule has 0 unspecified atom stereocenters. The van der Waals surface area contributed by atoms with Crippen LogP contribution in [0.25, 0.3) is 0 Å². The van der Waals surface area contributed by atoms with Crippen molar-refractivity contribution in [1.82, 2.24) is 0 Å². The Hall–Kier alpha value is -0.294. The van der Waals surface area contributed by atoms with Gasteiger partial charge in [0.05, 0.1) is 24.3 Å². The van der Waals surface area contributed by atoms with Crippen LogP contribution in [-0.2, 0) is 19.6 Å². The molecule has 1 aromatic carbocycles. The van der Waals surface area contributed by atoms with Crippen molar-refractivity contribution in [3.63, 3.8) is 0 Å². The van der Waals surface area contributed by atoms with Crippen molar-refractivity contribution < 1.29 is 84.8 Å². The van der Waals surface area contributed by atoms with Crippen molar-refractivity contribution in [2.75, 3.05) is 13.2 Å². The Morgan fingerprint density at radius 3 is 1.96 bits per heavy atom. The van der Waals surface area contributed by atoms with E-state index in [4.69, 9.17) is 9.47 Å². The third-order valence-electron chi connectivity index (χ3n) is 2.81. The van der Waals surface area contributed by atoms with Gasteiger partial charge in [0.2, 0.25) is 0 Å². The van der Waals surface area contributed by atoms with Gasteiger partial charge in [0.1, 0.15) is 4.90 Å². The van der Waals surface area contributed by atoms with E-state index in [0.29, 0.717) is 0 Å². The fourth-order valence-electron chi connectivity index (χ4n) is 1.68. The Bertz CT molecular complexity index is 717. The molecule has 0 saturated carbocycles. The van der Waals surface area contributed by atoms with Gasteiger partial charge < -0.3 is 10.9 Å². The molecule has 0 aliphatic heterocycles. The molecule has 0 radical (unpaired) electrons. The summed E-state index contributed by atoms with van der Waals surface area (Å²) in [6.07, 6.45) is 0. The van der Waals surface area contributed by atoms with Crippen molar-refractivity contribution in [3.8, 4) is 0 Å². The standard InChI is InChI=1S/C16H22O7S.K.H/c1-10(2)8-22-15(17)12-5-6-13(14(7-12)24(19,20)21)16(18)23-9-11(3)4;;/h5-7,10-11H,8-9H2,1-4H3,(H,19,20,21);;/q;+1;-1. The van der Waals surface area contributed by atoms with Crippen LogP contribution < -0.4 is 51.4 Å². The molecule has 0 atom stereocenters. The quantitative estimate of drug-likeness (QED) is 0.381. The zero-order valence-corrected chi connectivity index (χ0v) is 19.0. The van der Waals surface area contributed by atoms with Gasteiger partial charge in [0.25, 0.3) is 10.1 Å². The molecule has 0 heterocycles. The normalized spacial score (nSPS) is 11.2. The van der Waals surface area contributed by atoms with E-state index in [9.17, 15) is 22.6 Å². The second-order valence-electron chi connectivity index (χ2n) is 6.17. The maximum Gasteiger partial charge on any atom is 1.00 e. The van der Waals surface area contributed by atoms with Gasteiger partial charge in [0, 0.05) is 0 Å². The summed E-state index contributed by atoms with van der Waals surface area (Å²) in [7, 11) is -4.71. The molecule has 1 rings (SSSR count). The molecule has 0 bridgehead atoms. The van der Waals surface area contributed by atoms with Crippen LogP contribution in [0.5, 0.6) is 0 Å². The van der Waals surface area contributed by atoms with Crippen molar-refractivity contribution in [3.05, 3.63) is 29.3 Å². The molecule has 25 heavy (non-hydrogen) atoms. The first-order valence-corrected chi connectivity index (χ1v) is 8.92. The summed E-state index contributed by atoms with van der Waals surface area (Å²) in [6.45, 7) is 7.62. The van der Waals surface area contributed by atoms with E-state index >= 15 is 0 Å². The predicted molar refractivity (Wildman–Crippen MR) is 87.6 cm³/mol. The van der Waals surface area contributed by atoms with Gasteiger partial charge in [0.15, 0.2) is 0 Å². The van der Waals surface area contributed by atoms with E-state index in [1.807, 2.05) is 27.7 Å². The first-order valence-electron chi connectivity index (χ1n) is 7.48. The Morgan fingerprint density at radius 2 is 1.52 bits per heavy atom. The Labute approximate surface area is 192 Å². The van der Waals surface area contributed by atoms with Crippen LogP contribution in [0.1, 0.15) is 49.8 Å². The number of esters is 2. The van der Waals surface area contributed by atoms with Gasteiger partial charge in [-0.15, -0.1) is 0 Å². The molecule has 0 aliphatic carbocycles. The molecule has 9 heteroatoms. The van der Waals surface area contributed by atoms with Crippen molar-refractivity contribution in [2.24, 2.45) is 11.8 Å². The largest absolute Gasteiger partial charge is 1.00 e. The maximum absolute atomic E-state index is 12.0. The van der Waals surface area contributed by atoms with Crippen LogP contribution in [0.15, 0.2) is 23.1 Å². The summed E-state index contributed by atoms with van der Waals surface area (Å²) in [5, 5.41) is 0. The van der Waals surface area contributed by atoms with Crippen molar-refractivity contribution in [2.45, 2.75) is 32.6 Å². The minimum atomic E-state index is -4.71. The Morgan fingerprint density at radius 1 is 1.04 bits per heavy atom. The van der Waals surface area contributed by atoms with Gasteiger partial charge in [-0.25, -0.2) is 9.59 Å². The molecule has 136 valence electrons. The third kappa shape index (κ3) is 8.29. The van der Waals surface area contributed by atoms with Crippen LogP contribution in [-0.4, -0.2) is 38.1 Å². The van der Waals surface area contributed by atoms with E-state index in [1.54, 1.807) is 0 Å². The first-order chi connectivity index (χ1) is 11.0. The van der Waals surface area contributed by atoms with Gasteiger partial charge >= 0.3 is 63.3 Å². The minimum Gasteiger partial charge on any atom is -1.00 e. The number of carbonyl (C=O) groups is 2. The Kier molecular flexibility index (Phi) is 10.6. The number of hydrogen-bond acceptors (Lipinski definition) is 6. The van der Waals surface area contributed by atoms with E-state index in [2.05, 4.69) is 0 Å². The van der Waals surface area contributed by atoms with E-state index in [0.717, 1.165) is 12.1 Å². The summed E-state index contributed by atoms with van der Waals surface area (Å²) in [5.41, 5.74) is -0.415. The maximum atomic E-state index is 12.0. The van der Waals surface area contributed by atoms with Gasteiger partial charge in [-0.1, -0.05) is 27.7 Å². The molecular formula is C16H23KO7S. The smallest absolute Gasteiger partial charge is 1.00 e. The average molecular weight is 399 g/mol. The van der Waals surface area contributed by atoms with E-state index in [1.165, 1.54) is 6.07 Å². The summed E-state index contributed by atoms with van der Waals surface area (Å²) >= 11 is 0. The number of ether oxygens (including phenoxy) is 2. The fourth-order valence-corrected chi connectivity index (χ4v) is 2.38. The van der Waals surface area contributed by atoms with Crippen LogP contribution in [0.3, 0.4) is 0 Å². The van der Waals surface area contributed by atoms with E-state index in [-0.39, 0.29) is 89.0 Å². The number of hydrogen-bond donors (Lipinski definition) is 1. The second kappa shape index (κ2) is 10.8. The molecule has 0 aliphatic rings. The summed E-state index contributed by atoms with van der Waals surface area (Å²) < 4.78 is 42.4. The molecule has 0 fully saturated rings. The molecule has 1 N–H and O–H groups in total. The van der Waals surface area contributed by atoms with Crippen LogP contribution in [0.4, 0.5) is 0 Å². The topological polar surface area (TPSA) is 107 Å². The van der Waals surface area contributed by atoms with Crippen LogP contribution >= 0.6 is 0 Å². The predicted octanol–water partition coefficient (Wildman–Crippen LogP) is -0.325. The minimum absolute atomic E-state index is 0. The average Bonchev–Trinajstić information content (AvgIpc) is 2.48. The number of benzene rings is 1. The second-order valence-corrected chi connectivity index (χ2v) is 7.56.